The van der Waals surface area contributed by atoms with Crippen LogP contribution in [0.2, 0.25) is 5.02 Å². The summed E-state index contributed by atoms with van der Waals surface area (Å²) in [6.07, 6.45) is 1.35. The van der Waals surface area contributed by atoms with E-state index in [1.807, 2.05) is 43.3 Å². The fourth-order valence-electron chi connectivity index (χ4n) is 3.61. The Morgan fingerprint density at radius 3 is 2.61 bits per heavy atom. The predicted octanol–water partition coefficient (Wildman–Crippen LogP) is 6.32. The molecule has 0 radical (unpaired) electrons. The van der Waals surface area contributed by atoms with Crippen LogP contribution in [0.5, 0.6) is 11.5 Å². The Morgan fingerprint density at radius 1 is 1.13 bits per heavy atom. The Morgan fingerprint density at radius 2 is 1.90 bits per heavy atom. The monoisotopic (exact) mass is 502 g/mol. The third kappa shape index (κ3) is 4.71. The van der Waals surface area contributed by atoms with Crippen LogP contribution >= 0.6 is 27.5 Å². The maximum Gasteiger partial charge on any atom is 0.131 e. The van der Waals surface area contributed by atoms with E-state index in [2.05, 4.69) is 26.6 Å². The molecule has 3 aromatic carbocycles. The van der Waals surface area contributed by atoms with Crippen molar-refractivity contribution in [3.05, 3.63) is 98.7 Å². The second kappa shape index (κ2) is 9.30. The predicted molar refractivity (Wildman–Crippen MR) is 125 cm³/mol. The first-order valence-corrected chi connectivity index (χ1v) is 11.0. The number of phenolic OH excluding ortho intramolecular Hbond substituents is 1. The Balaban J connectivity index is 1.78. The summed E-state index contributed by atoms with van der Waals surface area (Å²) < 4.78 is 21.1. The molecule has 3 N–H and O–H groups in total. The van der Waals surface area contributed by atoms with Gasteiger partial charge in [0.05, 0.1) is 17.7 Å². The summed E-state index contributed by atoms with van der Waals surface area (Å²) in [5, 5.41) is 17.5. The Hall–Kier alpha value is -2.54. The summed E-state index contributed by atoms with van der Waals surface area (Å²) >= 11 is 9.81. The molecule has 0 aliphatic carbocycles. The summed E-state index contributed by atoms with van der Waals surface area (Å²) in [4.78, 5) is 0. The smallest absolute Gasteiger partial charge is 0.131 e. The van der Waals surface area contributed by atoms with Gasteiger partial charge in [-0.25, -0.2) is 4.39 Å². The molecule has 160 valence electrons. The summed E-state index contributed by atoms with van der Waals surface area (Å²) in [5.41, 5.74) is 2.68. The molecule has 4 rings (SSSR count). The average Bonchev–Trinajstić information content (AvgIpc) is 2.76. The molecule has 2 atom stereocenters. The quantitative estimate of drug-likeness (QED) is 0.381. The van der Waals surface area contributed by atoms with E-state index in [0.29, 0.717) is 22.8 Å². The maximum atomic E-state index is 14.7. The van der Waals surface area contributed by atoms with Crippen molar-refractivity contribution in [1.29, 1.82) is 0 Å². The van der Waals surface area contributed by atoms with Crippen LogP contribution in [0.4, 0.5) is 4.39 Å². The molecule has 0 bridgehead atoms. The van der Waals surface area contributed by atoms with Crippen molar-refractivity contribution in [2.45, 2.75) is 19.1 Å². The minimum absolute atomic E-state index is 0.142. The van der Waals surface area contributed by atoms with E-state index >= 15 is 0 Å². The highest BCUT2D eigenvalue weighted by atomic mass is 79.9. The van der Waals surface area contributed by atoms with Crippen LogP contribution in [0.1, 0.15) is 35.8 Å². The van der Waals surface area contributed by atoms with Crippen LogP contribution in [0.25, 0.3) is 5.70 Å². The molecular weight excluding hydrogens is 483 g/mol. The van der Waals surface area contributed by atoms with Gasteiger partial charge in [-0.05, 0) is 73.2 Å². The number of ether oxygens (including phenoxy) is 1. The molecule has 3 aromatic rings. The zero-order chi connectivity index (χ0) is 22.0. The highest BCUT2D eigenvalue weighted by Gasteiger charge is 2.28. The first kappa shape index (κ1) is 21.7. The van der Waals surface area contributed by atoms with Crippen molar-refractivity contribution in [1.82, 2.24) is 10.6 Å². The van der Waals surface area contributed by atoms with Gasteiger partial charge in [-0.2, -0.15) is 0 Å². The summed E-state index contributed by atoms with van der Waals surface area (Å²) in [7, 11) is 0. The lowest BCUT2D eigenvalue weighted by molar-refractivity contribution is 0.340. The molecule has 1 heterocycles. The van der Waals surface area contributed by atoms with Gasteiger partial charge in [0.1, 0.15) is 23.5 Å². The van der Waals surface area contributed by atoms with Crippen LogP contribution in [0.15, 0.2) is 71.2 Å². The molecule has 0 saturated heterocycles. The van der Waals surface area contributed by atoms with Gasteiger partial charge in [0.15, 0.2) is 0 Å². The van der Waals surface area contributed by atoms with Gasteiger partial charge in [-0.15, -0.1) is 0 Å². The Bertz CT molecular complexity index is 1100. The largest absolute Gasteiger partial charge is 0.508 e. The van der Waals surface area contributed by atoms with Gasteiger partial charge in [-0.3, -0.25) is 5.32 Å². The highest BCUT2D eigenvalue weighted by molar-refractivity contribution is 9.10. The second-order valence-electron chi connectivity index (χ2n) is 7.10. The average molecular weight is 504 g/mol. The standard InChI is InChI=1S/C24H21BrClFN2O2/c1-2-31-16-9-6-14(7-10-16)20-13-21(17-12-15(25)8-11-22(17)30)29-24(28-20)23-18(26)4-3-5-19(23)27/h3-13,21,24,28-30H,2H2,1H3. The van der Waals surface area contributed by atoms with Crippen LogP contribution < -0.4 is 15.4 Å². The van der Waals surface area contributed by atoms with Crippen LogP contribution in [0.3, 0.4) is 0 Å². The summed E-state index contributed by atoms with van der Waals surface area (Å²) in [6, 6.07) is 17.1. The van der Waals surface area contributed by atoms with E-state index in [1.165, 1.54) is 6.07 Å². The Labute approximate surface area is 193 Å². The molecule has 7 heteroatoms. The number of hydrogen-bond donors (Lipinski definition) is 3. The molecule has 31 heavy (non-hydrogen) atoms. The molecular formula is C24H21BrClFN2O2. The van der Waals surface area contributed by atoms with Crippen molar-refractivity contribution >= 4 is 33.2 Å². The fourth-order valence-corrected chi connectivity index (χ4v) is 4.26. The highest BCUT2D eigenvalue weighted by Crippen LogP contribution is 2.37. The zero-order valence-corrected chi connectivity index (χ0v) is 19.0. The molecule has 0 saturated carbocycles. The molecule has 0 amide bonds. The number of halogens is 3. The number of phenols is 1. The molecule has 1 aliphatic rings. The van der Waals surface area contributed by atoms with Gasteiger partial charge in [0.25, 0.3) is 0 Å². The fraction of sp³-hybridized carbons (Fsp3) is 0.167. The zero-order valence-electron chi connectivity index (χ0n) is 16.7. The van der Waals surface area contributed by atoms with Gasteiger partial charge in [-0.1, -0.05) is 33.6 Å². The van der Waals surface area contributed by atoms with E-state index < -0.39 is 12.0 Å². The van der Waals surface area contributed by atoms with Crippen molar-refractivity contribution in [2.24, 2.45) is 0 Å². The molecule has 0 spiro atoms. The molecule has 0 fully saturated rings. The van der Waals surface area contributed by atoms with Gasteiger partial charge < -0.3 is 15.2 Å². The molecule has 2 unspecified atom stereocenters. The number of nitrogens with one attached hydrogen (secondary N) is 2. The lowest BCUT2D eigenvalue weighted by Crippen LogP contribution is -2.40. The lowest BCUT2D eigenvalue weighted by atomic mass is 9.97. The normalized spacial score (nSPS) is 18.3. The lowest BCUT2D eigenvalue weighted by Gasteiger charge is -2.34. The number of aromatic hydroxyl groups is 1. The van der Waals surface area contributed by atoms with Gasteiger partial charge >= 0.3 is 0 Å². The van der Waals surface area contributed by atoms with Crippen molar-refractivity contribution < 1.29 is 14.2 Å². The first-order chi connectivity index (χ1) is 15.0. The number of benzene rings is 3. The summed E-state index contributed by atoms with van der Waals surface area (Å²) in [5.74, 6) is 0.501. The van der Waals surface area contributed by atoms with E-state index in [9.17, 15) is 9.50 Å². The van der Waals surface area contributed by atoms with Crippen LogP contribution in [-0.2, 0) is 0 Å². The van der Waals surface area contributed by atoms with Crippen molar-refractivity contribution in [3.8, 4) is 11.5 Å². The third-order valence-corrected chi connectivity index (χ3v) is 5.89. The maximum absolute atomic E-state index is 14.7. The Kier molecular flexibility index (Phi) is 6.51. The molecule has 4 nitrogen and oxygen atoms in total. The second-order valence-corrected chi connectivity index (χ2v) is 8.42. The van der Waals surface area contributed by atoms with Gasteiger partial charge in [0, 0.05) is 21.3 Å². The third-order valence-electron chi connectivity index (χ3n) is 5.07. The van der Waals surface area contributed by atoms with Crippen LogP contribution in [-0.4, -0.2) is 11.7 Å². The van der Waals surface area contributed by atoms with Crippen LogP contribution in [0, 0.1) is 5.82 Å². The summed E-state index contributed by atoms with van der Waals surface area (Å²) in [6.45, 7) is 2.52. The first-order valence-electron chi connectivity index (χ1n) is 9.86. The molecule has 0 aromatic heterocycles. The topological polar surface area (TPSA) is 53.5 Å². The minimum atomic E-state index is -0.608. The van der Waals surface area contributed by atoms with Gasteiger partial charge in [0.2, 0.25) is 0 Å². The minimum Gasteiger partial charge on any atom is -0.508 e. The van der Waals surface area contributed by atoms with E-state index in [1.54, 1.807) is 24.3 Å². The SMILES string of the molecule is CCOc1ccc(C2=CC(c3cc(Br)ccc3O)NC(c3c(F)cccc3Cl)N2)cc1. The number of hydrogen-bond acceptors (Lipinski definition) is 4. The van der Waals surface area contributed by atoms with E-state index in [0.717, 1.165) is 21.5 Å². The number of rotatable bonds is 5. The molecule has 1 aliphatic heterocycles. The van der Waals surface area contributed by atoms with E-state index in [-0.39, 0.29) is 11.8 Å². The van der Waals surface area contributed by atoms with Crippen molar-refractivity contribution in [3.63, 3.8) is 0 Å². The van der Waals surface area contributed by atoms with E-state index in [4.69, 9.17) is 16.3 Å². The van der Waals surface area contributed by atoms with Crippen molar-refractivity contribution in [2.75, 3.05) is 6.61 Å².